The van der Waals surface area contributed by atoms with Crippen LogP contribution in [-0.2, 0) is 4.74 Å². The zero-order chi connectivity index (χ0) is 13.9. The van der Waals surface area contributed by atoms with Crippen molar-refractivity contribution in [3.63, 3.8) is 0 Å². The van der Waals surface area contributed by atoms with Crippen molar-refractivity contribution in [1.29, 1.82) is 0 Å². The van der Waals surface area contributed by atoms with Crippen LogP contribution < -0.4 is 5.63 Å². The lowest BCUT2D eigenvalue weighted by Gasteiger charge is -2.23. The van der Waals surface area contributed by atoms with Crippen LogP contribution in [0.3, 0.4) is 0 Å². The molecule has 0 aliphatic carbocycles. The van der Waals surface area contributed by atoms with Crippen molar-refractivity contribution in [1.82, 2.24) is 5.01 Å². The van der Waals surface area contributed by atoms with Gasteiger partial charge in [0.25, 0.3) is 0 Å². The number of aromatic hydroxyl groups is 1. The van der Waals surface area contributed by atoms with Crippen LogP contribution in [0.5, 0.6) is 5.75 Å². The molecule has 6 heteroatoms. The minimum absolute atomic E-state index is 0.0650. The Balaban J connectivity index is 1.98. The van der Waals surface area contributed by atoms with Crippen molar-refractivity contribution in [3.8, 4) is 5.75 Å². The average molecular weight is 274 g/mol. The molecule has 0 bridgehead atoms. The predicted octanol–water partition coefficient (Wildman–Crippen LogP) is 1.16. The number of fused-ring (bicyclic) bond motifs is 1. The summed E-state index contributed by atoms with van der Waals surface area (Å²) < 4.78 is 10.4. The maximum atomic E-state index is 11.9. The minimum atomic E-state index is -0.599. The molecule has 3 rings (SSSR count). The van der Waals surface area contributed by atoms with E-state index < -0.39 is 5.63 Å². The first-order chi connectivity index (χ1) is 9.75. The first-order valence-corrected chi connectivity index (χ1v) is 6.37. The maximum Gasteiger partial charge on any atom is 0.349 e. The molecule has 2 heterocycles. The molecule has 0 radical (unpaired) electrons. The molecule has 20 heavy (non-hydrogen) atoms. The quantitative estimate of drug-likeness (QED) is 0.657. The zero-order valence-corrected chi connectivity index (χ0v) is 10.8. The topological polar surface area (TPSA) is 75.3 Å². The number of ether oxygens (including phenoxy) is 1. The van der Waals surface area contributed by atoms with E-state index in [1.807, 2.05) is 0 Å². The van der Waals surface area contributed by atoms with Gasteiger partial charge in [-0.15, -0.1) is 0 Å². The second-order valence-corrected chi connectivity index (χ2v) is 4.46. The van der Waals surface area contributed by atoms with Crippen LogP contribution in [0.4, 0.5) is 0 Å². The predicted molar refractivity (Wildman–Crippen MR) is 74.1 cm³/mol. The Morgan fingerprint density at radius 3 is 2.80 bits per heavy atom. The molecular weight excluding hydrogens is 260 g/mol. The molecule has 1 aromatic carbocycles. The van der Waals surface area contributed by atoms with Crippen LogP contribution >= 0.6 is 0 Å². The molecule has 0 unspecified atom stereocenters. The molecule has 2 aromatic rings. The van der Waals surface area contributed by atoms with Gasteiger partial charge in [0.05, 0.1) is 37.9 Å². The van der Waals surface area contributed by atoms with Gasteiger partial charge < -0.3 is 14.3 Å². The summed E-state index contributed by atoms with van der Waals surface area (Å²) in [6.45, 7) is 2.54. The van der Waals surface area contributed by atoms with Gasteiger partial charge in [-0.3, -0.25) is 5.01 Å². The molecule has 1 aromatic heterocycles. The van der Waals surface area contributed by atoms with Gasteiger partial charge in [0.15, 0.2) is 0 Å². The first kappa shape index (κ1) is 12.7. The summed E-state index contributed by atoms with van der Waals surface area (Å²) in [5.74, 6) is -0.103. The van der Waals surface area contributed by atoms with E-state index in [9.17, 15) is 9.90 Å². The molecule has 0 atom stereocenters. The lowest BCUT2D eigenvalue weighted by Crippen LogP contribution is -2.32. The van der Waals surface area contributed by atoms with Crippen molar-refractivity contribution in [2.75, 3.05) is 26.3 Å². The molecule has 0 amide bonds. The Labute approximate surface area is 114 Å². The summed E-state index contributed by atoms with van der Waals surface area (Å²) in [5, 5.41) is 16.6. The van der Waals surface area contributed by atoms with E-state index in [1.165, 1.54) is 6.21 Å². The largest absolute Gasteiger partial charge is 0.506 e. The minimum Gasteiger partial charge on any atom is -0.506 e. The van der Waals surface area contributed by atoms with E-state index in [4.69, 9.17) is 9.15 Å². The van der Waals surface area contributed by atoms with Gasteiger partial charge in [-0.25, -0.2) is 4.79 Å². The third-order valence-corrected chi connectivity index (χ3v) is 3.16. The van der Waals surface area contributed by atoms with E-state index >= 15 is 0 Å². The molecule has 6 nitrogen and oxygen atoms in total. The third-order valence-electron chi connectivity index (χ3n) is 3.16. The molecule has 104 valence electrons. The van der Waals surface area contributed by atoms with Gasteiger partial charge in [0.1, 0.15) is 16.9 Å². The highest BCUT2D eigenvalue weighted by atomic mass is 16.5. The first-order valence-electron chi connectivity index (χ1n) is 6.37. The normalized spacial score (nSPS) is 16.1. The highest BCUT2D eigenvalue weighted by Crippen LogP contribution is 2.24. The number of hydrogen-bond acceptors (Lipinski definition) is 6. The van der Waals surface area contributed by atoms with Crippen LogP contribution in [0.2, 0.25) is 0 Å². The van der Waals surface area contributed by atoms with Gasteiger partial charge in [0, 0.05) is 0 Å². The molecule has 1 saturated heterocycles. The van der Waals surface area contributed by atoms with Crippen molar-refractivity contribution >= 4 is 17.2 Å². The van der Waals surface area contributed by atoms with Gasteiger partial charge in [-0.2, -0.15) is 5.10 Å². The van der Waals surface area contributed by atoms with Gasteiger partial charge in [0.2, 0.25) is 0 Å². The number of nitrogens with zero attached hydrogens (tertiary/aromatic N) is 2. The molecule has 1 aliphatic heterocycles. The van der Waals surface area contributed by atoms with Crippen LogP contribution in [-0.4, -0.2) is 42.6 Å². The van der Waals surface area contributed by atoms with E-state index in [0.717, 1.165) is 0 Å². The van der Waals surface area contributed by atoms with Crippen LogP contribution in [0, 0.1) is 0 Å². The molecule has 0 spiro atoms. The number of morpholine rings is 1. The van der Waals surface area contributed by atoms with E-state index in [2.05, 4.69) is 5.10 Å². The maximum absolute atomic E-state index is 11.9. The standard InChI is InChI=1S/C14H14N2O4/c17-13-10-3-1-2-4-12(10)20-14(18)11(13)9-15-16-5-7-19-8-6-16/h1-4,9,17H,5-8H2/b15-9+. The van der Waals surface area contributed by atoms with Gasteiger partial charge in [-0.1, -0.05) is 12.1 Å². The fourth-order valence-electron chi connectivity index (χ4n) is 2.07. The summed E-state index contributed by atoms with van der Waals surface area (Å²) in [7, 11) is 0. The van der Waals surface area contributed by atoms with Crippen LogP contribution in [0.1, 0.15) is 5.56 Å². The van der Waals surface area contributed by atoms with Crippen LogP contribution in [0.25, 0.3) is 11.0 Å². The highest BCUT2D eigenvalue weighted by molar-refractivity contribution is 5.93. The fraction of sp³-hybridized carbons (Fsp3) is 0.286. The van der Waals surface area contributed by atoms with E-state index in [1.54, 1.807) is 29.3 Å². The van der Waals surface area contributed by atoms with Gasteiger partial charge in [-0.05, 0) is 12.1 Å². The van der Waals surface area contributed by atoms with Crippen LogP contribution in [0.15, 0.2) is 38.6 Å². The second kappa shape index (κ2) is 5.34. The second-order valence-electron chi connectivity index (χ2n) is 4.46. The number of hydrogen-bond donors (Lipinski definition) is 1. The van der Waals surface area contributed by atoms with Crippen molar-refractivity contribution < 1.29 is 14.3 Å². The molecule has 1 N–H and O–H groups in total. The molecule has 1 fully saturated rings. The van der Waals surface area contributed by atoms with E-state index in [-0.39, 0.29) is 11.3 Å². The Bertz CT molecular complexity index is 702. The monoisotopic (exact) mass is 274 g/mol. The number of para-hydroxylation sites is 1. The lowest BCUT2D eigenvalue weighted by molar-refractivity contribution is 0.0396. The lowest BCUT2D eigenvalue weighted by atomic mass is 10.1. The molecular formula is C14H14N2O4. The summed E-state index contributed by atoms with van der Waals surface area (Å²) in [6, 6.07) is 6.84. The van der Waals surface area contributed by atoms with E-state index in [0.29, 0.717) is 37.3 Å². The summed E-state index contributed by atoms with van der Waals surface area (Å²) in [5.41, 5.74) is -0.174. The Kier molecular flexibility index (Phi) is 3.39. The fourth-order valence-corrected chi connectivity index (χ4v) is 2.07. The highest BCUT2D eigenvalue weighted by Gasteiger charge is 2.13. The number of benzene rings is 1. The average Bonchev–Trinajstić information content (AvgIpc) is 2.48. The molecule has 1 aliphatic rings. The smallest absolute Gasteiger partial charge is 0.349 e. The van der Waals surface area contributed by atoms with Crippen molar-refractivity contribution in [2.45, 2.75) is 0 Å². The summed E-state index contributed by atoms with van der Waals surface area (Å²) in [6.07, 6.45) is 1.35. The SMILES string of the molecule is O=c1oc2ccccc2c(O)c1/C=N/N1CCOCC1. The third kappa shape index (κ3) is 2.37. The Morgan fingerprint density at radius 2 is 2.00 bits per heavy atom. The zero-order valence-electron chi connectivity index (χ0n) is 10.8. The van der Waals surface area contributed by atoms with Crippen molar-refractivity contribution in [3.05, 3.63) is 40.2 Å². The Morgan fingerprint density at radius 1 is 1.25 bits per heavy atom. The number of rotatable bonds is 2. The summed E-state index contributed by atoms with van der Waals surface area (Å²) >= 11 is 0. The molecule has 0 saturated carbocycles. The van der Waals surface area contributed by atoms with Crippen molar-refractivity contribution in [2.24, 2.45) is 5.10 Å². The number of hydrazone groups is 1. The Hall–Kier alpha value is -2.34. The van der Waals surface area contributed by atoms with Gasteiger partial charge >= 0.3 is 5.63 Å². The summed E-state index contributed by atoms with van der Waals surface area (Å²) in [4.78, 5) is 11.9.